The van der Waals surface area contributed by atoms with E-state index in [1.165, 1.54) is 20.9 Å². The number of rotatable bonds is 7. The zero-order valence-corrected chi connectivity index (χ0v) is 14.0. The lowest BCUT2D eigenvalue weighted by Gasteiger charge is -2.14. The first-order valence-corrected chi connectivity index (χ1v) is 8.03. The Balaban J connectivity index is 2.43. The third kappa shape index (κ3) is 3.77. The van der Waals surface area contributed by atoms with Crippen LogP contribution in [0.15, 0.2) is 24.3 Å². The molecule has 0 aliphatic rings. The van der Waals surface area contributed by atoms with Crippen LogP contribution in [0.3, 0.4) is 0 Å². The molecule has 0 unspecified atom stereocenters. The topological polar surface area (TPSA) is 30.5 Å². The van der Waals surface area contributed by atoms with E-state index < -0.39 is 0 Å². The average molecular weight is 305 g/mol. The normalized spacial score (nSPS) is 10.7. The van der Waals surface area contributed by atoms with Crippen molar-refractivity contribution in [1.82, 2.24) is 5.32 Å². The smallest absolute Gasteiger partial charge is 0.161 e. The van der Waals surface area contributed by atoms with E-state index in [0.717, 1.165) is 31.0 Å². The van der Waals surface area contributed by atoms with Gasteiger partial charge >= 0.3 is 0 Å². The van der Waals surface area contributed by atoms with Crippen molar-refractivity contribution in [3.63, 3.8) is 0 Å². The molecule has 114 valence electrons. The van der Waals surface area contributed by atoms with Crippen molar-refractivity contribution in [2.24, 2.45) is 0 Å². The van der Waals surface area contributed by atoms with E-state index in [4.69, 9.17) is 9.47 Å². The fourth-order valence-electron chi connectivity index (χ4n) is 2.28. The number of aryl methyl sites for hydroxylation is 1. The molecule has 1 N–H and O–H groups in total. The molecule has 0 fully saturated rings. The maximum absolute atomic E-state index is 5.45. The van der Waals surface area contributed by atoms with Crippen LogP contribution in [-0.4, -0.2) is 20.8 Å². The molecule has 3 nitrogen and oxygen atoms in total. The molecular formula is C17H23NO2S. The van der Waals surface area contributed by atoms with Gasteiger partial charge in [-0.25, -0.2) is 0 Å². The SMILES string of the molecule is CCCNCc1cc(OC)c(OC)cc1-c1ccc(C)s1. The maximum Gasteiger partial charge on any atom is 0.161 e. The Morgan fingerprint density at radius 2 is 1.81 bits per heavy atom. The number of hydrogen-bond donors (Lipinski definition) is 1. The molecule has 21 heavy (non-hydrogen) atoms. The summed E-state index contributed by atoms with van der Waals surface area (Å²) in [5.41, 5.74) is 2.46. The Morgan fingerprint density at radius 3 is 2.38 bits per heavy atom. The van der Waals surface area contributed by atoms with E-state index in [-0.39, 0.29) is 0 Å². The first kappa shape index (κ1) is 15.9. The minimum atomic E-state index is 0.776. The fraction of sp³-hybridized carbons (Fsp3) is 0.412. The third-order valence-electron chi connectivity index (χ3n) is 3.36. The van der Waals surface area contributed by atoms with Crippen LogP contribution in [0.2, 0.25) is 0 Å². The second-order valence-electron chi connectivity index (χ2n) is 4.95. The highest BCUT2D eigenvalue weighted by atomic mass is 32.1. The minimum Gasteiger partial charge on any atom is -0.493 e. The number of benzene rings is 1. The summed E-state index contributed by atoms with van der Waals surface area (Å²) in [5, 5.41) is 3.47. The van der Waals surface area contributed by atoms with Crippen molar-refractivity contribution < 1.29 is 9.47 Å². The van der Waals surface area contributed by atoms with Crippen molar-refractivity contribution in [2.75, 3.05) is 20.8 Å². The highest BCUT2D eigenvalue weighted by Gasteiger charge is 2.13. The lowest BCUT2D eigenvalue weighted by molar-refractivity contribution is 0.354. The Kier molecular flexibility index (Phi) is 5.65. The molecule has 0 bridgehead atoms. The van der Waals surface area contributed by atoms with Gasteiger partial charge in [-0.2, -0.15) is 0 Å². The zero-order chi connectivity index (χ0) is 15.2. The highest BCUT2D eigenvalue weighted by Crippen LogP contribution is 2.38. The Hall–Kier alpha value is -1.52. The van der Waals surface area contributed by atoms with Crippen LogP contribution >= 0.6 is 11.3 Å². The molecular weight excluding hydrogens is 282 g/mol. The molecule has 0 atom stereocenters. The lowest BCUT2D eigenvalue weighted by Crippen LogP contribution is -2.14. The first-order chi connectivity index (χ1) is 10.2. The number of methoxy groups -OCH3 is 2. The van der Waals surface area contributed by atoms with E-state index in [2.05, 4.69) is 43.4 Å². The van der Waals surface area contributed by atoms with E-state index >= 15 is 0 Å². The maximum atomic E-state index is 5.45. The van der Waals surface area contributed by atoms with Gasteiger partial charge in [0, 0.05) is 21.9 Å². The standard InChI is InChI=1S/C17H23NO2S/c1-5-8-18-11-13-9-15(19-3)16(20-4)10-14(13)17-7-6-12(2)21-17/h6-7,9-10,18H,5,8,11H2,1-4H3. The van der Waals surface area contributed by atoms with Crippen molar-refractivity contribution in [3.05, 3.63) is 34.7 Å². The minimum absolute atomic E-state index is 0.776. The molecule has 4 heteroatoms. The number of hydrogen-bond acceptors (Lipinski definition) is 4. The molecule has 1 heterocycles. The summed E-state index contributed by atoms with van der Waals surface area (Å²) < 4.78 is 10.9. The third-order valence-corrected chi connectivity index (χ3v) is 4.39. The molecule has 0 aliphatic heterocycles. The molecule has 0 amide bonds. The molecule has 2 rings (SSSR count). The van der Waals surface area contributed by atoms with E-state index in [1.807, 2.05) is 0 Å². The van der Waals surface area contributed by atoms with Crippen molar-refractivity contribution in [2.45, 2.75) is 26.8 Å². The summed E-state index contributed by atoms with van der Waals surface area (Å²) in [5.74, 6) is 1.56. The molecule has 1 aromatic carbocycles. The van der Waals surface area contributed by atoms with Crippen LogP contribution in [0.5, 0.6) is 11.5 Å². The van der Waals surface area contributed by atoms with Gasteiger partial charge in [0.15, 0.2) is 11.5 Å². The number of ether oxygens (including phenoxy) is 2. The molecule has 1 aromatic heterocycles. The average Bonchev–Trinajstić information content (AvgIpc) is 2.93. The summed E-state index contributed by atoms with van der Waals surface area (Å²) in [6.45, 7) is 6.15. The Morgan fingerprint density at radius 1 is 1.10 bits per heavy atom. The lowest BCUT2D eigenvalue weighted by atomic mass is 10.0. The van der Waals surface area contributed by atoms with Gasteiger partial charge in [0.1, 0.15) is 0 Å². The van der Waals surface area contributed by atoms with E-state index in [0.29, 0.717) is 0 Å². The summed E-state index contributed by atoms with van der Waals surface area (Å²) in [4.78, 5) is 2.58. The molecule has 2 aromatic rings. The summed E-state index contributed by atoms with van der Waals surface area (Å²) >= 11 is 1.80. The predicted molar refractivity (Wildman–Crippen MR) is 89.6 cm³/mol. The predicted octanol–water partition coefficient (Wildman–Crippen LogP) is 4.24. The highest BCUT2D eigenvalue weighted by molar-refractivity contribution is 7.15. The van der Waals surface area contributed by atoms with Gasteiger partial charge in [-0.15, -0.1) is 11.3 Å². The van der Waals surface area contributed by atoms with Gasteiger partial charge < -0.3 is 14.8 Å². The fourth-order valence-corrected chi connectivity index (χ4v) is 3.19. The Labute approximate surface area is 130 Å². The second-order valence-corrected chi connectivity index (χ2v) is 6.24. The van der Waals surface area contributed by atoms with Crippen LogP contribution in [0.4, 0.5) is 0 Å². The van der Waals surface area contributed by atoms with Gasteiger partial charge in [0.2, 0.25) is 0 Å². The summed E-state index contributed by atoms with van der Waals surface area (Å²) in [7, 11) is 3.35. The molecule has 0 aliphatic carbocycles. The number of thiophene rings is 1. The van der Waals surface area contributed by atoms with Crippen LogP contribution < -0.4 is 14.8 Å². The van der Waals surface area contributed by atoms with Gasteiger partial charge in [-0.3, -0.25) is 0 Å². The van der Waals surface area contributed by atoms with E-state index in [9.17, 15) is 0 Å². The second kappa shape index (κ2) is 7.48. The zero-order valence-electron chi connectivity index (χ0n) is 13.2. The molecule has 0 radical (unpaired) electrons. The van der Waals surface area contributed by atoms with Crippen molar-refractivity contribution in [1.29, 1.82) is 0 Å². The summed E-state index contributed by atoms with van der Waals surface area (Å²) in [6, 6.07) is 8.48. The molecule has 0 saturated carbocycles. The first-order valence-electron chi connectivity index (χ1n) is 7.22. The molecule has 0 saturated heterocycles. The van der Waals surface area contributed by atoms with Crippen LogP contribution in [-0.2, 0) is 6.54 Å². The number of nitrogens with one attached hydrogen (secondary N) is 1. The van der Waals surface area contributed by atoms with Gasteiger partial charge in [0.25, 0.3) is 0 Å². The monoisotopic (exact) mass is 305 g/mol. The van der Waals surface area contributed by atoms with Crippen molar-refractivity contribution >= 4 is 11.3 Å². The summed E-state index contributed by atoms with van der Waals surface area (Å²) in [6.07, 6.45) is 1.13. The van der Waals surface area contributed by atoms with Gasteiger partial charge in [0.05, 0.1) is 14.2 Å². The molecule has 0 spiro atoms. The van der Waals surface area contributed by atoms with Gasteiger partial charge in [-0.1, -0.05) is 6.92 Å². The van der Waals surface area contributed by atoms with Crippen LogP contribution in [0.1, 0.15) is 23.8 Å². The van der Waals surface area contributed by atoms with Crippen molar-refractivity contribution in [3.8, 4) is 21.9 Å². The largest absolute Gasteiger partial charge is 0.493 e. The van der Waals surface area contributed by atoms with E-state index in [1.54, 1.807) is 25.6 Å². The quantitative estimate of drug-likeness (QED) is 0.776. The van der Waals surface area contributed by atoms with Crippen LogP contribution in [0, 0.1) is 6.92 Å². The Bertz CT molecular complexity index is 592. The van der Waals surface area contributed by atoms with Crippen LogP contribution in [0.25, 0.3) is 10.4 Å². The van der Waals surface area contributed by atoms with Gasteiger partial charge in [-0.05, 0) is 49.7 Å².